The fourth-order valence-electron chi connectivity index (χ4n) is 3.18. The van der Waals surface area contributed by atoms with Crippen LogP contribution in [0.4, 0.5) is 5.13 Å². The lowest BCUT2D eigenvalue weighted by Crippen LogP contribution is -2.22. The average molecular weight is 402 g/mol. The van der Waals surface area contributed by atoms with Crippen LogP contribution in [0.15, 0.2) is 29.9 Å². The molecule has 0 saturated heterocycles. The molecular weight excluding hydrogens is 382 g/mol. The van der Waals surface area contributed by atoms with E-state index in [9.17, 15) is 9.59 Å². The van der Waals surface area contributed by atoms with Crippen LogP contribution in [0.5, 0.6) is 0 Å². The number of thiazole rings is 1. The van der Waals surface area contributed by atoms with Crippen LogP contribution in [0.25, 0.3) is 5.00 Å². The molecule has 3 heterocycles. The number of aromatic nitrogens is 2. The van der Waals surface area contributed by atoms with Crippen molar-refractivity contribution in [3.8, 4) is 5.00 Å². The molecule has 1 amide bonds. The number of hydrogen-bond acceptors (Lipinski definition) is 6. The van der Waals surface area contributed by atoms with E-state index in [1.165, 1.54) is 16.2 Å². The molecule has 0 aromatic carbocycles. The third kappa shape index (κ3) is 3.81. The van der Waals surface area contributed by atoms with E-state index in [1.54, 1.807) is 11.3 Å². The van der Waals surface area contributed by atoms with Gasteiger partial charge in [-0.05, 0) is 50.3 Å². The standard InChI is InChI=1S/C19H19N3O3S2/c1-12-11-26-19(20-12)21-15(23)10-25-18(24)16-13-6-2-3-7-14(13)27-17(16)22-8-4-5-9-22/h4-5,8-9,11H,2-3,6-7,10H2,1H3,(H,20,21,23). The second kappa shape index (κ2) is 7.66. The monoisotopic (exact) mass is 401 g/mol. The maximum atomic E-state index is 12.8. The summed E-state index contributed by atoms with van der Waals surface area (Å²) in [6, 6.07) is 3.86. The van der Waals surface area contributed by atoms with Crippen molar-refractivity contribution in [1.82, 2.24) is 9.55 Å². The Balaban J connectivity index is 1.51. The number of nitrogens with one attached hydrogen (secondary N) is 1. The van der Waals surface area contributed by atoms with Gasteiger partial charge in [-0.2, -0.15) is 0 Å². The zero-order valence-electron chi connectivity index (χ0n) is 14.9. The molecule has 8 heteroatoms. The topological polar surface area (TPSA) is 73.2 Å². The molecule has 27 heavy (non-hydrogen) atoms. The van der Waals surface area contributed by atoms with Crippen LogP contribution >= 0.6 is 22.7 Å². The third-order valence-corrected chi connectivity index (χ3v) is 6.58. The summed E-state index contributed by atoms with van der Waals surface area (Å²) in [5.41, 5.74) is 2.52. The van der Waals surface area contributed by atoms with Gasteiger partial charge in [0.1, 0.15) is 5.00 Å². The van der Waals surface area contributed by atoms with E-state index in [4.69, 9.17) is 4.74 Å². The van der Waals surface area contributed by atoms with Gasteiger partial charge < -0.3 is 9.30 Å². The van der Waals surface area contributed by atoms with Crippen LogP contribution < -0.4 is 5.32 Å². The second-order valence-corrected chi connectivity index (χ2v) is 8.34. The van der Waals surface area contributed by atoms with Crippen LogP contribution in [0.2, 0.25) is 0 Å². The predicted molar refractivity (Wildman–Crippen MR) is 106 cm³/mol. The molecule has 3 aromatic rings. The van der Waals surface area contributed by atoms with Crippen molar-refractivity contribution < 1.29 is 14.3 Å². The Hall–Kier alpha value is -2.45. The number of nitrogens with zero attached hydrogens (tertiary/aromatic N) is 2. The number of anilines is 1. The molecule has 0 saturated carbocycles. The smallest absolute Gasteiger partial charge is 0.341 e. The number of ether oxygens (including phenoxy) is 1. The van der Waals surface area contributed by atoms with E-state index in [0.717, 1.165) is 41.9 Å². The quantitative estimate of drug-likeness (QED) is 0.657. The first-order valence-corrected chi connectivity index (χ1v) is 10.5. The number of carbonyl (C=O) groups is 2. The van der Waals surface area contributed by atoms with Crippen molar-refractivity contribution in [3.63, 3.8) is 0 Å². The fraction of sp³-hybridized carbons (Fsp3) is 0.316. The van der Waals surface area contributed by atoms with Gasteiger partial charge in [-0.15, -0.1) is 22.7 Å². The van der Waals surface area contributed by atoms with Crippen LogP contribution in [0.3, 0.4) is 0 Å². The van der Waals surface area contributed by atoms with E-state index in [2.05, 4.69) is 10.3 Å². The molecule has 0 radical (unpaired) electrons. The second-order valence-electron chi connectivity index (χ2n) is 6.40. The van der Waals surface area contributed by atoms with Gasteiger partial charge in [0.2, 0.25) is 0 Å². The Morgan fingerprint density at radius 1 is 1.26 bits per heavy atom. The average Bonchev–Trinajstić information content (AvgIpc) is 3.38. The number of amides is 1. The molecule has 3 aromatic heterocycles. The first-order chi connectivity index (χ1) is 13.1. The Bertz CT molecular complexity index is 973. The maximum absolute atomic E-state index is 12.8. The van der Waals surface area contributed by atoms with E-state index >= 15 is 0 Å². The largest absolute Gasteiger partial charge is 0.452 e. The van der Waals surface area contributed by atoms with Crippen molar-refractivity contribution in [2.24, 2.45) is 0 Å². The molecule has 0 aliphatic heterocycles. The third-order valence-electron chi connectivity index (χ3n) is 4.40. The van der Waals surface area contributed by atoms with Crippen LogP contribution in [0.1, 0.15) is 39.3 Å². The van der Waals surface area contributed by atoms with Crippen LogP contribution in [-0.2, 0) is 22.4 Å². The van der Waals surface area contributed by atoms with E-state index in [0.29, 0.717) is 10.7 Å². The molecule has 4 rings (SSSR count). The van der Waals surface area contributed by atoms with Gasteiger partial charge in [-0.25, -0.2) is 9.78 Å². The van der Waals surface area contributed by atoms with Crippen molar-refractivity contribution in [3.05, 3.63) is 51.6 Å². The van der Waals surface area contributed by atoms with Crippen LogP contribution in [0, 0.1) is 6.92 Å². The summed E-state index contributed by atoms with van der Waals surface area (Å²) < 4.78 is 7.29. The molecule has 0 bridgehead atoms. The van der Waals surface area contributed by atoms with Gasteiger partial charge in [-0.3, -0.25) is 10.1 Å². The molecule has 0 unspecified atom stereocenters. The minimum absolute atomic E-state index is 0.326. The molecule has 0 spiro atoms. The molecular formula is C19H19N3O3S2. The lowest BCUT2D eigenvalue weighted by Gasteiger charge is -2.12. The predicted octanol–water partition coefficient (Wildman–Crippen LogP) is 3.98. The summed E-state index contributed by atoms with van der Waals surface area (Å²) in [5, 5.41) is 5.88. The minimum atomic E-state index is -0.441. The number of carbonyl (C=O) groups excluding carboxylic acids is 2. The number of thiophene rings is 1. The van der Waals surface area contributed by atoms with Gasteiger partial charge in [-0.1, -0.05) is 0 Å². The summed E-state index contributed by atoms with van der Waals surface area (Å²) >= 11 is 2.98. The Kier molecular flexibility index (Phi) is 5.09. The highest BCUT2D eigenvalue weighted by Gasteiger charge is 2.27. The normalized spacial score (nSPS) is 13.2. The number of rotatable bonds is 5. The Labute approximate surface area is 164 Å². The number of hydrogen-bond donors (Lipinski definition) is 1. The number of esters is 1. The SMILES string of the molecule is Cc1csc(NC(=O)COC(=O)c2c(-n3cccc3)sc3c2CCCC3)n1. The van der Waals surface area contributed by atoms with Gasteiger partial charge >= 0.3 is 5.97 Å². The zero-order valence-corrected chi connectivity index (χ0v) is 16.5. The fourth-order valence-corrected chi connectivity index (χ4v) is 5.23. The lowest BCUT2D eigenvalue weighted by molar-refractivity contribution is -0.119. The first-order valence-electron chi connectivity index (χ1n) is 8.79. The summed E-state index contributed by atoms with van der Waals surface area (Å²) in [6.45, 7) is 1.53. The van der Waals surface area contributed by atoms with Crippen molar-refractivity contribution in [1.29, 1.82) is 0 Å². The first kappa shape index (κ1) is 17.9. The Morgan fingerprint density at radius 2 is 2.04 bits per heavy atom. The highest BCUT2D eigenvalue weighted by atomic mass is 32.1. The highest BCUT2D eigenvalue weighted by molar-refractivity contribution is 7.15. The van der Waals surface area contributed by atoms with E-state index in [1.807, 2.05) is 41.4 Å². The maximum Gasteiger partial charge on any atom is 0.341 e. The molecule has 140 valence electrons. The number of aryl methyl sites for hydroxylation is 2. The molecule has 6 nitrogen and oxygen atoms in total. The zero-order chi connectivity index (χ0) is 18.8. The van der Waals surface area contributed by atoms with E-state index in [-0.39, 0.29) is 12.5 Å². The molecule has 1 N–H and O–H groups in total. The Morgan fingerprint density at radius 3 is 2.78 bits per heavy atom. The van der Waals surface area contributed by atoms with Crippen molar-refractivity contribution in [2.75, 3.05) is 11.9 Å². The molecule has 0 atom stereocenters. The molecule has 1 aliphatic rings. The van der Waals surface area contributed by atoms with E-state index < -0.39 is 5.97 Å². The van der Waals surface area contributed by atoms with Crippen molar-refractivity contribution in [2.45, 2.75) is 32.6 Å². The highest BCUT2D eigenvalue weighted by Crippen LogP contribution is 2.37. The molecule has 1 aliphatic carbocycles. The summed E-state index contributed by atoms with van der Waals surface area (Å²) in [6.07, 6.45) is 7.92. The van der Waals surface area contributed by atoms with Crippen LogP contribution in [-0.4, -0.2) is 28.0 Å². The van der Waals surface area contributed by atoms with Crippen molar-refractivity contribution >= 4 is 39.7 Å². The minimum Gasteiger partial charge on any atom is -0.452 e. The summed E-state index contributed by atoms with van der Waals surface area (Å²) in [7, 11) is 0. The summed E-state index contributed by atoms with van der Waals surface area (Å²) in [4.78, 5) is 30.3. The molecule has 0 fully saturated rings. The summed E-state index contributed by atoms with van der Waals surface area (Å²) in [5.74, 6) is -0.826. The van der Waals surface area contributed by atoms with Gasteiger partial charge in [0.25, 0.3) is 5.91 Å². The van der Waals surface area contributed by atoms with Gasteiger partial charge in [0.15, 0.2) is 11.7 Å². The number of fused-ring (bicyclic) bond motifs is 1. The van der Waals surface area contributed by atoms with Gasteiger partial charge in [0.05, 0.1) is 11.3 Å². The lowest BCUT2D eigenvalue weighted by atomic mass is 9.95. The van der Waals surface area contributed by atoms with Gasteiger partial charge in [0, 0.05) is 22.7 Å².